The summed E-state index contributed by atoms with van der Waals surface area (Å²) in [7, 11) is 0. The number of hydrogen-bond acceptors (Lipinski definition) is 3. The molecule has 0 aliphatic heterocycles. The van der Waals surface area contributed by atoms with Crippen LogP contribution in [0.1, 0.15) is 0 Å². The molecule has 0 amide bonds. The minimum atomic E-state index is -4.49. The molecule has 0 spiro atoms. The van der Waals surface area contributed by atoms with E-state index in [1.165, 1.54) is 12.1 Å². The molecule has 0 radical (unpaired) electrons. The first-order valence-electron chi connectivity index (χ1n) is 5.04. The minimum absolute atomic E-state index is 0.0461. The van der Waals surface area contributed by atoms with E-state index < -0.39 is 24.5 Å². The highest BCUT2D eigenvalue weighted by atomic mass is 79.9. The van der Waals surface area contributed by atoms with Crippen LogP contribution in [0.25, 0.3) is 0 Å². The van der Waals surface area contributed by atoms with Gasteiger partial charge in [0.2, 0.25) is 4.73 Å². The van der Waals surface area contributed by atoms with Crippen LogP contribution in [0.5, 0.6) is 11.8 Å². The van der Waals surface area contributed by atoms with Crippen molar-refractivity contribution in [1.82, 2.24) is 14.8 Å². The van der Waals surface area contributed by atoms with Crippen molar-refractivity contribution in [3.63, 3.8) is 0 Å². The molecule has 0 bridgehead atoms. The van der Waals surface area contributed by atoms with Gasteiger partial charge in [0.25, 0.3) is 0 Å². The Bertz CT molecular complexity index is 631. The summed E-state index contributed by atoms with van der Waals surface area (Å²) in [5.41, 5.74) is 0. The van der Waals surface area contributed by atoms with Gasteiger partial charge in [-0.05, 0) is 28.1 Å². The van der Waals surface area contributed by atoms with Gasteiger partial charge < -0.3 is 4.74 Å². The summed E-state index contributed by atoms with van der Waals surface area (Å²) in [6.45, 7) is -1.38. The Kier molecular flexibility index (Phi) is 4.19. The molecule has 0 unspecified atom stereocenters. The molecule has 10 heteroatoms. The third-order valence-corrected chi connectivity index (χ3v) is 2.68. The molecular formula is C10H5BrClF4N3O. The molecule has 1 heterocycles. The quantitative estimate of drug-likeness (QED) is 0.757. The molecule has 2 rings (SSSR count). The van der Waals surface area contributed by atoms with Gasteiger partial charge in [-0.2, -0.15) is 18.2 Å². The second-order valence-corrected chi connectivity index (χ2v) is 4.73. The van der Waals surface area contributed by atoms with Crippen LogP contribution in [-0.2, 0) is 6.54 Å². The zero-order valence-electron chi connectivity index (χ0n) is 9.46. The van der Waals surface area contributed by atoms with Gasteiger partial charge >= 0.3 is 12.2 Å². The summed E-state index contributed by atoms with van der Waals surface area (Å²) in [5.74, 6) is -0.805. The Morgan fingerprint density at radius 3 is 2.65 bits per heavy atom. The van der Waals surface area contributed by atoms with Gasteiger partial charge in [0.1, 0.15) is 18.1 Å². The lowest BCUT2D eigenvalue weighted by Crippen LogP contribution is -2.19. The van der Waals surface area contributed by atoms with Gasteiger partial charge in [0.15, 0.2) is 0 Å². The topological polar surface area (TPSA) is 39.9 Å². The maximum atomic E-state index is 13.2. The highest BCUT2D eigenvalue weighted by molar-refractivity contribution is 9.10. The molecule has 0 fully saturated rings. The molecule has 0 atom stereocenters. The average Bonchev–Trinajstić information content (AvgIpc) is 2.62. The summed E-state index contributed by atoms with van der Waals surface area (Å²) in [4.78, 5) is 3.63. The van der Waals surface area contributed by atoms with Crippen LogP contribution in [0.4, 0.5) is 17.6 Å². The van der Waals surface area contributed by atoms with Gasteiger partial charge in [0.05, 0.1) is 5.02 Å². The average molecular weight is 375 g/mol. The van der Waals surface area contributed by atoms with Crippen LogP contribution < -0.4 is 4.74 Å². The van der Waals surface area contributed by atoms with Crippen LogP contribution in [0.3, 0.4) is 0 Å². The van der Waals surface area contributed by atoms with Crippen molar-refractivity contribution >= 4 is 27.5 Å². The molecular weight excluding hydrogens is 369 g/mol. The molecule has 0 N–H and O–H groups in total. The molecule has 1 aromatic carbocycles. The number of rotatable bonds is 3. The van der Waals surface area contributed by atoms with Crippen molar-refractivity contribution in [2.45, 2.75) is 12.7 Å². The maximum absolute atomic E-state index is 13.2. The second-order valence-electron chi connectivity index (χ2n) is 3.61. The van der Waals surface area contributed by atoms with E-state index in [0.717, 1.165) is 6.07 Å². The Morgan fingerprint density at radius 1 is 1.35 bits per heavy atom. The molecule has 2 aromatic rings. The molecule has 0 saturated heterocycles. The highest BCUT2D eigenvalue weighted by Gasteiger charge is 2.31. The van der Waals surface area contributed by atoms with Crippen molar-refractivity contribution in [3.8, 4) is 11.8 Å². The van der Waals surface area contributed by atoms with Gasteiger partial charge in [0, 0.05) is 6.07 Å². The van der Waals surface area contributed by atoms with Crippen LogP contribution in [0.15, 0.2) is 22.9 Å². The third kappa shape index (κ3) is 3.83. The number of benzene rings is 1. The van der Waals surface area contributed by atoms with E-state index in [4.69, 9.17) is 16.3 Å². The molecule has 0 aliphatic carbocycles. The summed E-state index contributed by atoms with van der Waals surface area (Å²) in [5, 5.41) is 3.36. The second kappa shape index (κ2) is 5.57. The fourth-order valence-electron chi connectivity index (χ4n) is 1.30. The first kappa shape index (κ1) is 15.0. The Balaban J connectivity index is 2.26. The van der Waals surface area contributed by atoms with Crippen molar-refractivity contribution in [2.24, 2.45) is 0 Å². The van der Waals surface area contributed by atoms with Crippen LogP contribution in [-0.4, -0.2) is 20.9 Å². The van der Waals surface area contributed by atoms with E-state index in [1.807, 2.05) is 0 Å². The zero-order chi connectivity index (χ0) is 14.9. The van der Waals surface area contributed by atoms with Crippen LogP contribution in [0.2, 0.25) is 5.02 Å². The van der Waals surface area contributed by atoms with Gasteiger partial charge in [-0.3, -0.25) is 0 Å². The van der Waals surface area contributed by atoms with Crippen molar-refractivity contribution in [1.29, 1.82) is 0 Å². The SMILES string of the molecule is Fc1cc(Oc2nc(Br)nn2CC(F)(F)F)ccc1Cl. The molecule has 20 heavy (non-hydrogen) atoms. The first-order chi connectivity index (χ1) is 9.24. The lowest BCUT2D eigenvalue weighted by atomic mass is 10.3. The van der Waals surface area contributed by atoms with Gasteiger partial charge in [-0.1, -0.05) is 11.6 Å². The Hall–Kier alpha value is -1.35. The summed E-state index contributed by atoms with van der Waals surface area (Å²) in [6, 6.07) is 3.02. The Morgan fingerprint density at radius 2 is 2.05 bits per heavy atom. The molecule has 0 saturated carbocycles. The van der Waals surface area contributed by atoms with Crippen LogP contribution in [0, 0.1) is 5.82 Å². The predicted octanol–water partition coefficient (Wildman–Crippen LogP) is 4.19. The van der Waals surface area contributed by atoms with Gasteiger partial charge in [-0.15, -0.1) is 5.10 Å². The van der Waals surface area contributed by atoms with E-state index in [0.29, 0.717) is 4.68 Å². The monoisotopic (exact) mass is 373 g/mol. The molecule has 0 aliphatic rings. The maximum Gasteiger partial charge on any atom is 0.408 e. The lowest BCUT2D eigenvalue weighted by Gasteiger charge is -2.09. The smallest absolute Gasteiger partial charge is 0.408 e. The number of alkyl halides is 3. The lowest BCUT2D eigenvalue weighted by molar-refractivity contribution is -0.143. The highest BCUT2D eigenvalue weighted by Crippen LogP contribution is 2.27. The third-order valence-electron chi connectivity index (χ3n) is 2.04. The van der Waals surface area contributed by atoms with E-state index in [2.05, 4.69) is 26.0 Å². The fraction of sp³-hybridized carbons (Fsp3) is 0.200. The number of hydrogen-bond donors (Lipinski definition) is 0. The zero-order valence-corrected chi connectivity index (χ0v) is 11.8. The Labute approximate surface area is 123 Å². The molecule has 1 aromatic heterocycles. The standard InChI is InChI=1S/C10H5BrClF4N3O/c11-8-17-9(19(18-8)4-10(14,15)16)20-5-1-2-6(12)7(13)3-5/h1-3H,4H2. The summed E-state index contributed by atoms with van der Waals surface area (Å²) < 4.78 is 55.8. The number of halogens is 6. The number of aromatic nitrogens is 3. The van der Waals surface area contributed by atoms with E-state index >= 15 is 0 Å². The first-order valence-corrected chi connectivity index (χ1v) is 6.22. The minimum Gasteiger partial charge on any atom is -0.424 e. The van der Waals surface area contributed by atoms with E-state index in [1.54, 1.807) is 0 Å². The van der Waals surface area contributed by atoms with E-state index in [9.17, 15) is 17.6 Å². The number of ether oxygens (including phenoxy) is 1. The van der Waals surface area contributed by atoms with Crippen molar-refractivity contribution in [2.75, 3.05) is 0 Å². The van der Waals surface area contributed by atoms with Crippen molar-refractivity contribution in [3.05, 3.63) is 33.8 Å². The van der Waals surface area contributed by atoms with Gasteiger partial charge in [-0.25, -0.2) is 9.07 Å². The summed E-state index contributed by atoms with van der Waals surface area (Å²) >= 11 is 8.33. The summed E-state index contributed by atoms with van der Waals surface area (Å²) in [6.07, 6.45) is -4.49. The van der Waals surface area contributed by atoms with Crippen molar-refractivity contribution < 1.29 is 22.3 Å². The predicted molar refractivity (Wildman–Crippen MR) is 65.3 cm³/mol. The largest absolute Gasteiger partial charge is 0.424 e. The normalized spacial score (nSPS) is 11.7. The van der Waals surface area contributed by atoms with Crippen LogP contribution >= 0.6 is 27.5 Å². The number of nitrogens with zero attached hydrogens (tertiary/aromatic N) is 3. The molecule has 4 nitrogen and oxygen atoms in total. The molecule has 108 valence electrons. The van der Waals surface area contributed by atoms with E-state index in [-0.39, 0.29) is 15.5 Å². The fourth-order valence-corrected chi connectivity index (χ4v) is 1.76.